The van der Waals surface area contributed by atoms with Crippen molar-refractivity contribution in [2.24, 2.45) is 0 Å². The van der Waals surface area contributed by atoms with Gasteiger partial charge in [0.25, 0.3) is 0 Å². The van der Waals surface area contributed by atoms with Gasteiger partial charge in [-0.1, -0.05) is 37.3 Å². The maximum Gasteiger partial charge on any atom is 0.344 e. The topological polar surface area (TPSA) is 76.7 Å². The Kier molecular flexibility index (Phi) is 4.33. The molecule has 0 saturated heterocycles. The van der Waals surface area contributed by atoms with E-state index in [1.54, 1.807) is 19.1 Å². The van der Waals surface area contributed by atoms with Gasteiger partial charge in [0.05, 0.1) is 10.9 Å². The molecule has 5 heteroatoms. The van der Waals surface area contributed by atoms with Crippen LogP contribution in [0, 0.1) is 0 Å². The Morgan fingerprint density at radius 3 is 2.62 bits per heavy atom. The summed E-state index contributed by atoms with van der Waals surface area (Å²) in [5.74, 6) is -0.675. The van der Waals surface area contributed by atoms with Crippen molar-refractivity contribution >= 4 is 16.9 Å². The minimum absolute atomic E-state index is 0.140. The number of hydrogen-bond donors (Lipinski definition) is 1. The fourth-order valence-electron chi connectivity index (χ4n) is 2.47. The van der Waals surface area contributed by atoms with Gasteiger partial charge in [0, 0.05) is 6.07 Å². The van der Waals surface area contributed by atoms with Gasteiger partial charge in [-0.05, 0) is 24.1 Å². The van der Waals surface area contributed by atoms with Crippen molar-refractivity contribution in [1.29, 1.82) is 0 Å². The minimum Gasteiger partial charge on any atom is -0.479 e. The van der Waals surface area contributed by atoms with E-state index >= 15 is 0 Å². The molecule has 2 aromatic carbocycles. The third-order valence-electron chi connectivity index (χ3n) is 3.76. The van der Waals surface area contributed by atoms with Gasteiger partial charge in [-0.15, -0.1) is 0 Å². The molecule has 0 fully saturated rings. The first kappa shape index (κ1) is 15.8. The quantitative estimate of drug-likeness (QED) is 0.774. The van der Waals surface area contributed by atoms with Gasteiger partial charge >= 0.3 is 5.97 Å². The highest BCUT2D eigenvalue weighted by atomic mass is 16.5. The predicted molar refractivity (Wildman–Crippen MR) is 90.3 cm³/mol. The molecule has 5 nitrogen and oxygen atoms in total. The van der Waals surface area contributed by atoms with E-state index < -0.39 is 12.1 Å². The fraction of sp³-hybridized carbons (Fsp3) is 0.158. The summed E-state index contributed by atoms with van der Waals surface area (Å²) >= 11 is 0. The van der Waals surface area contributed by atoms with Crippen molar-refractivity contribution in [3.8, 4) is 16.9 Å². The van der Waals surface area contributed by atoms with Gasteiger partial charge in [0.1, 0.15) is 17.6 Å². The second-order valence-electron chi connectivity index (χ2n) is 5.36. The van der Waals surface area contributed by atoms with Crippen LogP contribution in [0.1, 0.15) is 13.3 Å². The van der Waals surface area contributed by atoms with Crippen molar-refractivity contribution < 1.29 is 19.1 Å². The van der Waals surface area contributed by atoms with Crippen LogP contribution in [0.4, 0.5) is 0 Å². The molecule has 1 atom stereocenters. The van der Waals surface area contributed by atoms with E-state index in [2.05, 4.69) is 0 Å². The summed E-state index contributed by atoms with van der Waals surface area (Å²) in [6.45, 7) is 1.73. The predicted octanol–water partition coefficient (Wildman–Crippen LogP) is 3.70. The number of hydrogen-bond acceptors (Lipinski definition) is 4. The van der Waals surface area contributed by atoms with Crippen LogP contribution in [0.5, 0.6) is 5.75 Å². The lowest BCUT2D eigenvalue weighted by molar-refractivity contribution is -0.145. The molecule has 0 aliphatic rings. The molecule has 1 N–H and O–H groups in total. The average Bonchev–Trinajstić information content (AvgIpc) is 2.60. The Balaban J connectivity index is 2.01. The highest BCUT2D eigenvalue weighted by Crippen LogP contribution is 2.24. The Labute approximate surface area is 138 Å². The molecule has 1 aromatic heterocycles. The first-order valence-corrected chi connectivity index (χ1v) is 7.60. The van der Waals surface area contributed by atoms with Crippen LogP contribution in [0.25, 0.3) is 22.1 Å². The molecular formula is C19H16O5. The number of carboxylic acid groups (broad SMARTS) is 1. The van der Waals surface area contributed by atoms with E-state index in [0.29, 0.717) is 28.7 Å². The van der Waals surface area contributed by atoms with E-state index in [1.165, 1.54) is 12.3 Å². The van der Waals surface area contributed by atoms with Crippen LogP contribution in [0.2, 0.25) is 0 Å². The summed E-state index contributed by atoms with van der Waals surface area (Å²) in [5.41, 5.74) is 1.48. The highest BCUT2D eigenvalue weighted by Gasteiger charge is 2.17. The summed E-state index contributed by atoms with van der Waals surface area (Å²) in [6, 6.07) is 14.0. The normalized spacial score (nSPS) is 12.0. The molecule has 122 valence electrons. The van der Waals surface area contributed by atoms with Crippen LogP contribution in [-0.4, -0.2) is 17.2 Å². The van der Waals surface area contributed by atoms with Crippen molar-refractivity contribution in [2.75, 3.05) is 0 Å². The standard InChI is InChI=1S/C19H16O5/c1-2-16(19(21)22)24-13-8-9-14-17(10-13)23-11-15(18(14)20)12-6-4-3-5-7-12/h3-11,16H,2H2,1H3,(H,21,22). The number of rotatable bonds is 5. The lowest BCUT2D eigenvalue weighted by Crippen LogP contribution is -2.25. The minimum atomic E-state index is -1.03. The fourth-order valence-corrected chi connectivity index (χ4v) is 2.47. The smallest absolute Gasteiger partial charge is 0.344 e. The molecular weight excluding hydrogens is 308 g/mol. The zero-order valence-corrected chi connectivity index (χ0v) is 13.1. The Hall–Kier alpha value is -3.08. The molecule has 0 spiro atoms. The Bertz CT molecular complexity index is 927. The lowest BCUT2D eigenvalue weighted by Gasteiger charge is -2.13. The number of benzene rings is 2. The van der Waals surface area contributed by atoms with E-state index in [0.717, 1.165) is 5.56 Å². The van der Waals surface area contributed by atoms with Crippen molar-refractivity contribution in [3.63, 3.8) is 0 Å². The molecule has 0 amide bonds. The first-order chi connectivity index (χ1) is 11.6. The summed E-state index contributed by atoms with van der Waals surface area (Å²) in [4.78, 5) is 23.7. The summed E-state index contributed by atoms with van der Waals surface area (Å²) in [5, 5.41) is 9.48. The van der Waals surface area contributed by atoms with Crippen LogP contribution < -0.4 is 10.2 Å². The monoisotopic (exact) mass is 324 g/mol. The van der Waals surface area contributed by atoms with Gasteiger partial charge in [0.15, 0.2) is 11.5 Å². The Morgan fingerprint density at radius 1 is 1.21 bits per heavy atom. The highest BCUT2D eigenvalue weighted by molar-refractivity contribution is 5.82. The molecule has 3 aromatic rings. The molecule has 1 unspecified atom stereocenters. The van der Waals surface area contributed by atoms with E-state index in [4.69, 9.17) is 14.3 Å². The zero-order chi connectivity index (χ0) is 17.1. The molecule has 24 heavy (non-hydrogen) atoms. The molecule has 0 aliphatic heterocycles. The van der Waals surface area contributed by atoms with Gasteiger partial charge in [0.2, 0.25) is 0 Å². The second kappa shape index (κ2) is 6.58. The van der Waals surface area contributed by atoms with E-state index in [1.807, 2.05) is 30.3 Å². The van der Waals surface area contributed by atoms with Gasteiger partial charge < -0.3 is 14.3 Å². The van der Waals surface area contributed by atoms with Crippen molar-refractivity contribution in [3.05, 3.63) is 65.0 Å². The molecule has 0 saturated carbocycles. The average molecular weight is 324 g/mol. The van der Waals surface area contributed by atoms with Crippen molar-refractivity contribution in [1.82, 2.24) is 0 Å². The van der Waals surface area contributed by atoms with Gasteiger partial charge in [-0.2, -0.15) is 0 Å². The van der Waals surface area contributed by atoms with Gasteiger partial charge in [-0.3, -0.25) is 4.79 Å². The second-order valence-corrected chi connectivity index (χ2v) is 5.36. The van der Waals surface area contributed by atoms with Crippen LogP contribution >= 0.6 is 0 Å². The largest absolute Gasteiger partial charge is 0.479 e. The number of aliphatic carboxylic acids is 1. The van der Waals surface area contributed by atoms with E-state index in [-0.39, 0.29) is 5.43 Å². The van der Waals surface area contributed by atoms with Crippen LogP contribution in [0.15, 0.2) is 64.0 Å². The van der Waals surface area contributed by atoms with Crippen molar-refractivity contribution in [2.45, 2.75) is 19.4 Å². The van der Waals surface area contributed by atoms with Crippen LogP contribution in [-0.2, 0) is 4.79 Å². The molecule has 0 bridgehead atoms. The maximum atomic E-state index is 12.6. The number of carbonyl (C=O) groups is 1. The van der Waals surface area contributed by atoms with E-state index in [9.17, 15) is 9.59 Å². The SMILES string of the molecule is CCC(Oc1ccc2c(=O)c(-c3ccccc3)coc2c1)C(=O)O. The third-order valence-corrected chi connectivity index (χ3v) is 3.76. The van der Waals surface area contributed by atoms with Crippen LogP contribution in [0.3, 0.4) is 0 Å². The van der Waals surface area contributed by atoms with Gasteiger partial charge in [-0.25, -0.2) is 4.79 Å². The molecule has 1 heterocycles. The summed E-state index contributed by atoms with van der Waals surface area (Å²) in [7, 11) is 0. The number of fused-ring (bicyclic) bond motifs is 1. The molecule has 3 rings (SSSR count). The number of carboxylic acids is 1. The summed E-state index contributed by atoms with van der Waals surface area (Å²) < 4.78 is 11.0. The maximum absolute atomic E-state index is 12.6. The Morgan fingerprint density at radius 2 is 1.96 bits per heavy atom. The summed E-state index contributed by atoms with van der Waals surface area (Å²) in [6.07, 6.45) is 0.820. The molecule has 0 aliphatic carbocycles. The lowest BCUT2D eigenvalue weighted by atomic mass is 10.1. The third kappa shape index (κ3) is 3.01. The number of ether oxygens (including phenoxy) is 1. The zero-order valence-electron chi connectivity index (χ0n) is 13.1. The first-order valence-electron chi connectivity index (χ1n) is 7.60. The molecule has 0 radical (unpaired) electrons.